The van der Waals surface area contributed by atoms with Gasteiger partial charge in [-0.25, -0.2) is 4.39 Å². The molecule has 9 heteroatoms. The molecule has 2 rings (SSSR count). The summed E-state index contributed by atoms with van der Waals surface area (Å²) in [5.74, 6) is -0.133. The van der Waals surface area contributed by atoms with Crippen molar-refractivity contribution >= 4 is 29.3 Å². The van der Waals surface area contributed by atoms with E-state index in [1.165, 1.54) is 40.9 Å². The zero-order valence-corrected chi connectivity index (χ0v) is 18.4. The van der Waals surface area contributed by atoms with E-state index in [4.69, 9.17) is 0 Å². The van der Waals surface area contributed by atoms with Gasteiger partial charge >= 0.3 is 0 Å². The number of thioether (sulfide) groups is 1. The molecular formula is C22H26FN3O4S. The van der Waals surface area contributed by atoms with E-state index >= 15 is 0 Å². The Morgan fingerprint density at radius 2 is 1.71 bits per heavy atom. The first-order chi connectivity index (χ1) is 14.8. The fourth-order valence-corrected chi connectivity index (χ4v) is 3.92. The van der Waals surface area contributed by atoms with Gasteiger partial charge in [0.25, 0.3) is 5.69 Å². The summed E-state index contributed by atoms with van der Waals surface area (Å²) in [6.07, 6.45) is 0.450. The molecule has 166 valence electrons. The Morgan fingerprint density at radius 1 is 1.10 bits per heavy atom. The highest BCUT2D eigenvalue weighted by molar-refractivity contribution is 7.99. The highest BCUT2D eigenvalue weighted by Gasteiger charge is 2.28. The van der Waals surface area contributed by atoms with Crippen molar-refractivity contribution in [1.82, 2.24) is 10.2 Å². The molecule has 0 aromatic heterocycles. The summed E-state index contributed by atoms with van der Waals surface area (Å²) in [6, 6.07) is 11.4. The van der Waals surface area contributed by atoms with Crippen LogP contribution in [0, 0.1) is 15.9 Å². The van der Waals surface area contributed by atoms with Crippen molar-refractivity contribution < 1.29 is 18.9 Å². The van der Waals surface area contributed by atoms with E-state index in [9.17, 15) is 24.1 Å². The Hall–Kier alpha value is -2.94. The summed E-state index contributed by atoms with van der Waals surface area (Å²) < 4.78 is 13.2. The van der Waals surface area contributed by atoms with E-state index in [1.54, 1.807) is 24.3 Å². The smallest absolute Gasteiger partial charge is 0.269 e. The third-order valence-corrected chi connectivity index (χ3v) is 5.63. The van der Waals surface area contributed by atoms with Crippen molar-refractivity contribution in [3.63, 3.8) is 0 Å². The highest BCUT2D eigenvalue weighted by atomic mass is 32.2. The SMILES string of the molecule is CCNC(=O)C(CC)N(Cc1ccc(F)cc1)C(=O)CSCc1ccc([N+](=O)[O-])cc1. The number of carbonyl (C=O) groups is 2. The summed E-state index contributed by atoms with van der Waals surface area (Å²) in [6.45, 7) is 4.32. The fourth-order valence-electron chi connectivity index (χ4n) is 3.05. The number of benzene rings is 2. The van der Waals surface area contributed by atoms with Gasteiger partial charge in [-0.05, 0) is 36.6 Å². The van der Waals surface area contributed by atoms with E-state index in [0.717, 1.165) is 11.1 Å². The van der Waals surface area contributed by atoms with Gasteiger partial charge in [-0.2, -0.15) is 0 Å². The van der Waals surface area contributed by atoms with E-state index in [2.05, 4.69) is 5.32 Å². The number of halogens is 1. The molecule has 0 spiro atoms. The van der Waals surface area contributed by atoms with Crippen LogP contribution in [0.1, 0.15) is 31.4 Å². The van der Waals surface area contributed by atoms with Crippen LogP contribution in [-0.2, 0) is 21.9 Å². The maximum Gasteiger partial charge on any atom is 0.269 e. The molecule has 0 aliphatic carbocycles. The van der Waals surface area contributed by atoms with Crippen molar-refractivity contribution in [2.75, 3.05) is 12.3 Å². The Labute approximate surface area is 185 Å². The van der Waals surface area contributed by atoms with Gasteiger partial charge in [0, 0.05) is 31.0 Å². The van der Waals surface area contributed by atoms with E-state index in [0.29, 0.717) is 18.7 Å². The Bertz CT molecular complexity index is 891. The number of carbonyl (C=O) groups excluding carboxylic acids is 2. The lowest BCUT2D eigenvalue weighted by atomic mass is 10.1. The van der Waals surface area contributed by atoms with Crippen LogP contribution in [0.5, 0.6) is 0 Å². The third-order valence-electron chi connectivity index (χ3n) is 4.64. The normalized spacial score (nSPS) is 11.6. The molecule has 0 fully saturated rings. The van der Waals surface area contributed by atoms with Crippen LogP contribution in [0.4, 0.5) is 10.1 Å². The number of hydrogen-bond acceptors (Lipinski definition) is 5. The van der Waals surface area contributed by atoms with Crippen molar-refractivity contribution in [1.29, 1.82) is 0 Å². The van der Waals surface area contributed by atoms with Gasteiger partial charge < -0.3 is 10.2 Å². The lowest BCUT2D eigenvalue weighted by Crippen LogP contribution is -2.49. The number of nitrogens with zero attached hydrogens (tertiary/aromatic N) is 2. The Balaban J connectivity index is 2.07. The first-order valence-corrected chi connectivity index (χ1v) is 11.1. The number of nitrogens with one attached hydrogen (secondary N) is 1. The summed E-state index contributed by atoms with van der Waals surface area (Å²) in [5.41, 5.74) is 1.62. The first-order valence-electron chi connectivity index (χ1n) is 9.98. The van der Waals surface area contributed by atoms with Gasteiger partial charge in [0.1, 0.15) is 11.9 Å². The van der Waals surface area contributed by atoms with Gasteiger partial charge in [0.15, 0.2) is 0 Å². The number of nitro benzene ring substituents is 1. The second kappa shape index (κ2) is 12.0. The minimum absolute atomic E-state index is 0.0167. The summed E-state index contributed by atoms with van der Waals surface area (Å²) in [4.78, 5) is 37.4. The molecule has 31 heavy (non-hydrogen) atoms. The molecular weight excluding hydrogens is 421 g/mol. The quantitative estimate of drug-likeness (QED) is 0.416. The highest BCUT2D eigenvalue weighted by Crippen LogP contribution is 2.19. The van der Waals surface area contributed by atoms with E-state index in [1.807, 2.05) is 13.8 Å². The van der Waals surface area contributed by atoms with Crippen molar-refractivity contribution in [2.24, 2.45) is 0 Å². The number of amides is 2. The minimum Gasteiger partial charge on any atom is -0.355 e. The molecule has 1 unspecified atom stereocenters. The fraction of sp³-hybridized carbons (Fsp3) is 0.364. The molecule has 0 aliphatic rings. The van der Waals surface area contributed by atoms with Gasteiger partial charge in [-0.1, -0.05) is 31.2 Å². The van der Waals surface area contributed by atoms with Gasteiger partial charge in [-0.3, -0.25) is 19.7 Å². The van der Waals surface area contributed by atoms with Gasteiger partial charge in [0.05, 0.1) is 10.7 Å². The molecule has 0 heterocycles. The predicted octanol–water partition coefficient (Wildman–Crippen LogP) is 3.91. The van der Waals surface area contributed by atoms with Crippen LogP contribution < -0.4 is 5.32 Å². The molecule has 2 aromatic carbocycles. The molecule has 0 saturated carbocycles. The molecule has 0 bridgehead atoms. The third kappa shape index (κ3) is 7.36. The van der Waals surface area contributed by atoms with Crippen molar-refractivity contribution in [3.05, 3.63) is 75.6 Å². The molecule has 7 nitrogen and oxygen atoms in total. The molecule has 1 atom stereocenters. The molecule has 2 amide bonds. The lowest BCUT2D eigenvalue weighted by Gasteiger charge is -2.30. The maximum absolute atomic E-state index is 13.2. The zero-order chi connectivity index (χ0) is 22.8. The molecule has 0 radical (unpaired) electrons. The maximum atomic E-state index is 13.2. The summed E-state index contributed by atoms with van der Waals surface area (Å²) in [5, 5.41) is 13.5. The predicted molar refractivity (Wildman–Crippen MR) is 119 cm³/mol. The second-order valence-electron chi connectivity index (χ2n) is 6.88. The lowest BCUT2D eigenvalue weighted by molar-refractivity contribution is -0.384. The number of rotatable bonds is 11. The summed E-state index contributed by atoms with van der Waals surface area (Å²) in [7, 11) is 0. The average Bonchev–Trinajstić information content (AvgIpc) is 2.75. The number of hydrogen-bond donors (Lipinski definition) is 1. The van der Waals surface area contributed by atoms with Gasteiger partial charge in [-0.15, -0.1) is 11.8 Å². The van der Waals surface area contributed by atoms with Crippen LogP contribution in [-0.4, -0.2) is 40.0 Å². The zero-order valence-electron chi connectivity index (χ0n) is 17.5. The largest absolute Gasteiger partial charge is 0.355 e. The standard InChI is InChI=1S/C22H26FN3O4S/c1-3-20(22(28)24-4-2)25(13-16-5-9-18(23)10-6-16)21(27)15-31-14-17-7-11-19(12-8-17)26(29)30/h5-12,20H,3-4,13-15H2,1-2H3,(H,24,28). The van der Waals surface area contributed by atoms with Crippen molar-refractivity contribution in [2.45, 2.75) is 38.6 Å². The van der Waals surface area contributed by atoms with Crippen LogP contribution >= 0.6 is 11.8 Å². The first kappa shape index (κ1) is 24.3. The van der Waals surface area contributed by atoms with E-state index in [-0.39, 0.29) is 35.6 Å². The van der Waals surface area contributed by atoms with Crippen LogP contribution in [0.3, 0.4) is 0 Å². The second-order valence-corrected chi connectivity index (χ2v) is 7.87. The monoisotopic (exact) mass is 447 g/mol. The Kier molecular flexibility index (Phi) is 9.45. The van der Waals surface area contributed by atoms with Gasteiger partial charge in [0.2, 0.25) is 11.8 Å². The van der Waals surface area contributed by atoms with Crippen LogP contribution in [0.2, 0.25) is 0 Å². The van der Waals surface area contributed by atoms with Crippen LogP contribution in [0.15, 0.2) is 48.5 Å². The average molecular weight is 448 g/mol. The molecule has 2 aromatic rings. The number of likely N-dealkylation sites (N-methyl/N-ethyl adjacent to an activating group) is 1. The topological polar surface area (TPSA) is 92.6 Å². The summed E-state index contributed by atoms with van der Waals surface area (Å²) >= 11 is 1.37. The molecule has 0 aliphatic heterocycles. The number of non-ortho nitro benzene ring substituents is 1. The minimum atomic E-state index is -0.627. The van der Waals surface area contributed by atoms with Crippen molar-refractivity contribution in [3.8, 4) is 0 Å². The Morgan fingerprint density at radius 3 is 2.26 bits per heavy atom. The number of nitro groups is 1. The van der Waals surface area contributed by atoms with E-state index < -0.39 is 11.0 Å². The van der Waals surface area contributed by atoms with Crippen LogP contribution in [0.25, 0.3) is 0 Å². The molecule has 0 saturated heterocycles. The molecule has 1 N–H and O–H groups in total.